The molecule has 0 saturated heterocycles. The monoisotopic (exact) mass is 323 g/mol. The number of halogens is 1. The van der Waals surface area contributed by atoms with Gasteiger partial charge in [-0.1, -0.05) is 15.9 Å². The van der Waals surface area contributed by atoms with E-state index in [0.717, 1.165) is 23.0 Å². The zero-order chi connectivity index (χ0) is 12.5. The third kappa shape index (κ3) is 2.12. The summed E-state index contributed by atoms with van der Waals surface area (Å²) in [6.45, 7) is 0. The predicted molar refractivity (Wildman–Crippen MR) is 80.0 cm³/mol. The molecule has 0 saturated carbocycles. The van der Waals surface area contributed by atoms with Gasteiger partial charge in [-0.15, -0.1) is 11.8 Å². The lowest BCUT2D eigenvalue weighted by atomic mass is 9.98. The van der Waals surface area contributed by atoms with Gasteiger partial charge in [0.05, 0.1) is 12.6 Å². The Hall–Kier alpha value is -0.740. The van der Waals surface area contributed by atoms with Crippen molar-refractivity contribution in [2.24, 2.45) is 5.92 Å². The van der Waals surface area contributed by atoms with E-state index in [1.165, 1.54) is 21.6 Å². The number of methoxy groups -OCH3 is 1. The molecule has 94 valence electrons. The van der Waals surface area contributed by atoms with Gasteiger partial charge in [0.25, 0.3) is 0 Å². The predicted octanol–water partition coefficient (Wildman–Crippen LogP) is 3.90. The van der Waals surface area contributed by atoms with Gasteiger partial charge in [-0.25, -0.2) is 0 Å². The number of rotatable bonds is 2. The second-order valence-electron chi connectivity index (χ2n) is 4.52. The van der Waals surface area contributed by atoms with Gasteiger partial charge < -0.3 is 4.74 Å². The topological polar surface area (TPSA) is 22.1 Å². The van der Waals surface area contributed by atoms with Crippen LogP contribution in [0.5, 0.6) is 5.75 Å². The lowest BCUT2D eigenvalue weighted by molar-refractivity contribution is 0.415. The number of fused-ring (bicyclic) bond motifs is 3. The molecule has 1 aliphatic heterocycles. The zero-order valence-electron chi connectivity index (χ0n) is 10.1. The molecule has 2 nitrogen and oxygen atoms in total. The average molecular weight is 324 g/mol. The Morgan fingerprint density at radius 1 is 1.50 bits per heavy atom. The van der Waals surface area contributed by atoms with E-state index >= 15 is 0 Å². The Labute approximate surface area is 119 Å². The minimum atomic E-state index is 0.708. The van der Waals surface area contributed by atoms with Crippen LogP contribution in [0.2, 0.25) is 0 Å². The fourth-order valence-electron chi connectivity index (χ4n) is 2.32. The van der Waals surface area contributed by atoms with Gasteiger partial charge in [0.1, 0.15) is 5.75 Å². The Morgan fingerprint density at radius 3 is 3.17 bits per heavy atom. The second kappa shape index (κ2) is 5.10. The number of hydrogen-bond acceptors (Lipinski definition) is 3. The first-order valence-corrected chi connectivity index (χ1v) is 8.07. The van der Waals surface area contributed by atoms with Crippen LogP contribution in [-0.4, -0.2) is 23.2 Å². The van der Waals surface area contributed by atoms with Crippen molar-refractivity contribution >= 4 is 38.6 Å². The van der Waals surface area contributed by atoms with Crippen LogP contribution in [0.25, 0.3) is 10.9 Å². The van der Waals surface area contributed by atoms with Gasteiger partial charge in [0.15, 0.2) is 0 Å². The zero-order valence-corrected chi connectivity index (χ0v) is 12.6. The van der Waals surface area contributed by atoms with Crippen molar-refractivity contribution in [2.75, 3.05) is 18.2 Å². The molecule has 0 fully saturated rings. The number of benzene rings is 1. The molecule has 0 spiro atoms. The normalized spacial score (nSPS) is 18.7. The molecule has 2 aromatic rings. The molecule has 3 rings (SSSR count). The number of alkyl halides is 1. The lowest BCUT2D eigenvalue weighted by Gasteiger charge is -2.23. The Bertz CT molecular complexity index is 582. The summed E-state index contributed by atoms with van der Waals surface area (Å²) in [6, 6.07) is 6.12. The fourth-order valence-corrected chi connectivity index (χ4v) is 4.23. The quantitative estimate of drug-likeness (QED) is 0.782. The van der Waals surface area contributed by atoms with Crippen LogP contribution in [0.1, 0.15) is 5.56 Å². The van der Waals surface area contributed by atoms with E-state index in [-0.39, 0.29) is 0 Å². The minimum absolute atomic E-state index is 0.708. The summed E-state index contributed by atoms with van der Waals surface area (Å²) >= 11 is 5.52. The second-order valence-corrected chi connectivity index (χ2v) is 6.23. The molecule has 0 amide bonds. The van der Waals surface area contributed by atoms with Crippen LogP contribution >= 0.6 is 27.7 Å². The number of hydrogen-bond donors (Lipinski definition) is 0. The van der Waals surface area contributed by atoms with Crippen molar-refractivity contribution in [3.8, 4) is 5.75 Å². The molecule has 0 aliphatic carbocycles. The molecule has 1 unspecified atom stereocenters. The van der Waals surface area contributed by atoms with Gasteiger partial charge in [0, 0.05) is 27.6 Å². The van der Waals surface area contributed by atoms with Gasteiger partial charge >= 0.3 is 0 Å². The Balaban J connectivity index is 2.16. The highest BCUT2D eigenvalue weighted by Crippen LogP contribution is 2.37. The van der Waals surface area contributed by atoms with Gasteiger partial charge in [-0.05, 0) is 36.1 Å². The standard InChI is InChI=1S/C14H14BrNOS/c1-17-10-2-3-13-11(5-10)12-4-9(6-15)8-18-14(12)7-16-13/h2-3,5,7,9H,4,6,8H2,1H3. The SMILES string of the molecule is COc1ccc2ncc3c(c2c1)CC(CBr)CS3. The number of pyridine rings is 1. The minimum Gasteiger partial charge on any atom is -0.497 e. The molecule has 0 N–H and O–H groups in total. The van der Waals surface area contributed by atoms with Gasteiger partial charge in [0.2, 0.25) is 0 Å². The average Bonchev–Trinajstić information content (AvgIpc) is 2.45. The van der Waals surface area contributed by atoms with Crippen molar-refractivity contribution in [1.29, 1.82) is 0 Å². The maximum Gasteiger partial charge on any atom is 0.119 e. The molecule has 0 radical (unpaired) electrons. The van der Waals surface area contributed by atoms with Crippen LogP contribution in [0.3, 0.4) is 0 Å². The third-order valence-corrected chi connectivity index (χ3v) is 5.55. The van der Waals surface area contributed by atoms with E-state index in [1.54, 1.807) is 7.11 Å². The van der Waals surface area contributed by atoms with E-state index in [4.69, 9.17) is 4.74 Å². The summed E-state index contributed by atoms with van der Waals surface area (Å²) in [5.41, 5.74) is 2.49. The summed E-state index contributed by atoms with van der Waals surface area (Å²) in [4.78, 5) is 5.86. The maximum absolute atomic E-state index is 5.32. The number of thioether (sulfide) groups is 1. The van der Waals surface area contributed by atoms with Crippen LogP contribution in [0, 0.1) is 5.92 Å². The fraction of sp³-hybridized carbons (Fsp3) is 0.357. The van der Waals surface area contributed by atoms with Crippen LogP contribution in [0.15, 0.2) is 29.3 Å². The van der Waals surface area contributed by atoms with E-state index in [1.807, 2.05) is 30.1 Å². The highest BCUT2D eigenvalue weighted by molar-refractivity contribution is 9.09. The summed E-state index contributed by atoms with van der Waals surface area (Å²) in [5.74, 6) is 2.79. The Kier molecular flexibility index (Phi) is 3.48. The number of ether oxygens (including phenoxy) is 1. The summed E-state index contributed by atoms with van der Waals surface area (Å²) in [7, 11) is 1.71. The van der Waals surface area contributed by atoms with Crippen molar-refractivity contribution in [2.45, 2.75) is 11.3 Å². The van der Waals surface area contributed by atoms with Gasteiger partial charge in [-0.2, -0.15) is 0 Å². The highest BCUT2D eigenvalue weighted by atomic mass is 79.9. The molecule has 2 heterocycles. The van der Waals surface area contributed by atoms with E-state index in [0.29, 0.717) is 5.92 Å². The van der Waals surface area contributed by atoms with Crippen molar-refractivity contribution < 1.29 is 4.74 Å². The molecule has 0 bridgehead atoms. The molecular weight excluding hydrogens is 310 g/mol. The molecule has 1 aromatic heterocycles. The van der Waals surface area contributed by atoms with E-state index in [2.05, 4.69) is 27.0 Å². The lowest BCUT2D eigenvalue weighted by Crippen LogP contribution is -2.15. The summed E-state index contributed by atoms with van der Waals surface area (Å²) in [5, 5.41) is 2.30. The summed E-state index contributed by atoms with van der Waals surface area (Å²) in [6.07, 6.45) is 3.14. The molecular formula is C14H14BrNOS. The third-order valence-electron chi connectivity index (χ3n) is 3.33. The first-order chi connectivity index (χ1) is 8.81. The number of nitrogens with zero attached hydrogens (tertiary/aromatic N) is 1. The van der Waals surface area contributed by atoms with Gasteiger partial charge in [-0.3, -0.25) is 4.98 Å². The van der Waals surface area contributed by atoms with Crippen LogP contribution in [0.4, 0.5) is 0 Å². The first kappa shape index (κ1) is 12.3. The van der Waals surface area contributed by atoms with Crippen molar-refractivity contribution in [3.63, 3.8) is 0 Å². The molecule has 4 heteroatoms. The van der Waals surface area contributed by atoms with Crippen LogP contribution < -0.4 is 4.74 Å². The van der Waals surface area contributed by atoms with E-state index in [9.17, 15) is 0 Å². The molecule has 1 atom stereocenters. The first-order valence-electron chi connectivity index (χ1n) is 5.96. The van der Waals surface area contributed by atoms with Crippen molar-refractivity contribution in [1.82, 2.24) is 4.98 Å². The molecule has 1 aliphatic rings. The van der Waals surface area contributed by atoms with Crippen LogP contribution in [-0.2, 0) is 6.42 Å². The summed E-state index contributed by atoms with van der Waals surface area (Å²) < 4.78 is 5.32. The molecule has 1 aromatic carbocycles. The van der Waals surface area contributed by atoms with E-state index < -0.39 is 0 Å². The Morgan fingerprint density at radius 2 is 2.39 bits per heavy atom. The van der Waals surface area contributed by atoms with Crippen molar-refractivity contribution in [3.05, 3.63) is 30.0 Å². The smallest absolute Gasteiger partial charge is 0.119 e. The molecule has 18 heavy (non-hydrogen) atoms. The number of aromatic nitrogens is 1. The maximum atomic E-state index is 5.32. The largest absolute Gasteiger partial charge is 0.497 e. The highest BCUT2D eigenvalue weighted by Gasteiger charge is 2.21.